The van der Waals surface area contributed by atoms with Crippen LogP contribution in [-0.4, -0.2) is 4.57 Å². The van der Waals surface area contributed by atoms with E-state index in [1.165, 1.54) is 49.1 Å². The number of fused-ring (bicyclic) bond motifs is 9. The van der Waals surface area contributed by atoms with Crippen LogP contribution in [0.3, 0.4) is 0 Å². The molecule has 0 spiro atoms. The van der Waals surface area contributed by atoms with Gasteiger partial charge in [-0.15, -0.1) is 0 Å². The SMILES string of the molecule is c1ccc(N(c2ccc3ccccc3c2)c2cccc3oc4ccc5c(-c6cccc7c8ccccc8n(-c8ccccc8)c67)cccc5c4c23)cc1. The number of hydrogen-bond donors (Lipinski definition) is 0. The van der Waals surface area contributed by atoms with Crippen molar-refractivity contribution in [1.29, 1.82) is 0 Å². The van der Waals surface area contributed by atoms with Gasteiger partial charge in [-0.05, 0) is 87.8 Å². The molecule has 3 heteroatoms. The molecule has 0 bridgehead atoms. The molecule has 248 valence electrons. The first-order valence-electron chi connectivity index (χ1n) is 18.1. The van der Waals surface area contributed by atoms with E-state index in [1.807, 2.05) is 0 Å². The second-order valence-electron chi connectivity index (χ2n) is 13.7. The molecule has 2 heterocycles. The summed E-state index contributed by atoms with van der Waals surface area (Å²) in [5.74, 6) is 0. The number of aromatic nitrogens is 1. The van der Waals surface area contributed by atoms with Gasteiger partial charge in [0.25, 0.3) is 0 Å². The normalized spacial score (nSPS) is 11.8. The van der Waals surface area contributed by atoms with Gasteiger partial charge in [0.2, 0.25) is 0 Å². The Morgan fingerprint density at radius 2 is 1.08 bits per heavy atom. The molecule has 9 aromatic carbocycles. The first kappa shape index (κ1) is 29.6. The summed E-state index contributed by atoms with van der Waals surface area (Å²) >= 11 is 0. The van der Waals surface area contributed by atoms with E-state index < -0.39 is 0 Å². The van der Waals surface area contributed by atoms with Crippen LogP contribution < -0.4 is 4.90 Å². The van der Waals surface area contributed by atoms with Crippen LogP contribution in [0.1, 0.15) is 0 Å². The second-order valence-corrected chi connectivity index (χ2v) is 13.7. The third-order valence-corrected chi connectivity index (χ3v) is 10.7. The second kappa shape index (κ2) is 11.7. The predicted molar refractivity (Wildman–Crippen MR) is 223 cm³/mol. The minimum atomic E-state index is 0.864. The minimum absolute atomic E-state index is 0.864. The third-order valence-electron chi connectivity index (χ3n) is 10.7. The van der Waals surface area contributed by atoms with Gasteiger partial charge in [-0.2, -0.15) is 0 Å². The number of nitrogens with zero attached hydrogens (tertiary/aromatic N) is 2. The Balaban J connectivity index is 1.21. The molecule has 0 atom stereocenters. The average molecular weight is 677 g/mol. The van der Waals surface area contributed by atoms with Crippen LogP contribution in [0, 0.1) is 0 Å². The number of para-hydroxylation sites is 4. The molecule has 0 saturated heterocycles. The maximum atomic E-state index is 6.70. The van der Waals surface area contributed by atoms with Crippen molar-refractivity contribution in [1.82, 2.24) is 4.57 Å². The molecular weight excluding hydrogens is 645 g/mol. The molecule has 2 aromatic heterocycles. The number of benzene rings is 9. The standard InChI is InChI=1S/C50H32N2O/c1-3-16-35(17-4-1)51(37-29-28-33-14-7-8-15-34(33)32-37)45-26-13-27-46-49(45)48-41-22-11-21-38(39(41)30-31-47(48)53-46)42-23-12-24-43-40-20-9-10-25-44(40)52(50(42)43)36-18-5-2-6-19-36/h1-32H. The molecule has 0 aliphatic heterocycles. The lowest BCUT2D eigenvalue weighted by atomic mass is 9.94. The Hall–Kier alpha value is -7.10. The van der Waals surface area contributed by atoms with Gasteiger partial charge in [0, 0.05) is 38.8 Å². The number of anilines is 3. The smallest absolute Gasteiger partial charge is 0.137 e. The highest BCUT2D eigenvalue weighted by Crippen LogP contribution is 2.47. The van der Waals surface area contributed by atoms with E-state index in [9.17, 15) is 0 Å². The molecule has 0 N–H and O–H groups in total. The summed E-state index contributed by atoms with van der Waals surface area (Å²) in [6.07, 6.45) is 0. The summed E-state index contributed by atoms with van der Waals surface area (Å²) in [6, 6.07) is 69.6. The summed E-state index contributed by atoms with van der Waals surface area (Å²) in [5.41, 5.74) is 10.9. The fourth-order valence-corrected chi connectivity index (χ4v) is 8.48. The van der Waals surface area contributed by atoms with E-state index in [1.54, 1.807) is 0 Å². The Bertz CT molecular complexity index is 3170. The zero-order valence-electron chi connectivity index (χ0n) is 28.8. The third kappa shape index (κ3) is 4.54. The molecule has 0 aliphatic rings. The van der Waals surface area contributed by atoms with Gasteiger partial charge in [0.1, 0.15) is 11.2 Å². The van der Waals surface area contributed by atoms with Gasteiger partial charge < -0.3 is 13.9 Å². The van der Waals surface area contributed by atoms with E-state index in [4.69, 9.17) is 4.42 Å². The molecule has 0 unspecified atom stereocenters. The van der Waals surface area contributed by atoms with Crippen LogP contribution in [0.15, 0.2) is 199 Å². The minimum Gasteiger partial charge on any atom is -0.456 e. The first-order valence-corrected chi connectivity index (χ1v) is 18.1. The van der Waals surface area contributed by atoms with Crippen molar-refractivity contribution >= 4 is 82.4 Å². The lowest BCUT2D eigenvalue weighted by molar-refractivity contribution is 0.669. The predicted octanol–water partition coefficient (Wildman–Crippen LogP) is 14.1. The Labute approximate surface area is 306 Å². The summed E-state index contributed by atoms with van der Waals surface area (Å²) in [6.45, 7) is 0. The molecule has 0 fully saturated rings. The molecule has 3 nitrogen and oxygen atoms in total. The monoisotopic (exact) mass is 676 g/mol. The lowest BCUT2D eigenvalue weighted by Crippen LogP contribution is -2.10. The molecule has 0 radical (unpaired) electrons. The summed E-state index contributed by atoms with van der Waals surface area (Å²) in [7, 11) is 0. The zero-order chi connectivity index (χ0) is 34.9. The van der Waals surface area contributed by atoms with Crippen molar-refractivity contribution < 1.29 is 4.42 Å². The molecule has 0 aliphatic carbocycles. The quantitative estimate of drug-likeness (QED) is 0.181. The lowest BCUT2D eigenvalue weighted by Gasteiger charge is -2.26. The molecule has 0 amide bonds. The van der Waals surface area contributed by atoms with Crippen LogP contribution in [0.4, 0.5) is 17.1 Å². The molecule has 11 aromatic rings. The van der Waals surface area contributed by atoms with E-state index in [-0.39, 0.29) is 0 Å². The molecule has 53 heavy (non-hydrogen) atoms. The van der Waals surface area contributed by atoms with E-state index in [0.717, 1.165) is 50.1 Å². The van der Waals surface area contributed by atoms with Crippen molar-refractivity contribution in [2.24, 2.45) is 0 Å². The van der Waals surface area contributed by atoms with Gasteiger partial charge in [-0.3, -0.25) is 0 Å². The highest BCUT2D eigenvalue weighted by Gasteiger charge is 2.23. The Morgan fingerprint density at radius 3 is 1.94 bits per heavy atom. The van der Waals surface area contributed by atoms with E-state index in [0.29, 0.717) is 0 Å². The van der Waals surface area contributed by atoms with Crippen molar-refractivity contribution in [3.05, 3.63) is 194 Å². The fraction of sp³-hybridized carbons (Fsp3) is 0. The topological polar surface area (TPSA) is 21.3 Å². The van der Waals surface area contributed by atoms with Gasteiger partial charge in [-0.1, -0.05) is 133 Å². The van der Waals surface area contributed by atoms with Crippen LogP contribution in [0.25, 0.3) is 82.1 Å². The van der Waals surface area contributed by atoms with Gasteiger partial charge >= 0.3 is 0 Å². The highest BCUT2D eigenvalue weighted by molar-refractivity contribution is 6.26. The maximum Gasteiger partial charge on any atom is 0.137 e. The summed E-state index contributed by atoms with van der Waals surface area (Å²) < 4.78 is 9.12. The molecular formula is C50H32N2O. The van der Waals surface area contributed by atoms with Crippen LogP contribution in [-0.2, 0) is 0 Å². The van der Waals surface area contributed by atoms with Gasteiger partial charge in [0.15, 0.2) is 0 Å². The van der Waals surface area contributed by atoms with Crippen molar-refractivity contribution in [2.45, 2.75) is 0 Å². The molecule has 0 saturated carbocycles. The number of rotatable bonds is 5. The first-order chi connectivity index (χ1) is 26.3. The number of furan rings is 1. The Kier molecular flexibility index (Phi) is 6.55. The average Bonchev–Trinajstić information content (AvgIpc) is 3.78. The van der Waals surface area contributed by atoms with E-state index in [2.05, 4.69) is 204 Å². The summed E-state index contributed by atoms with van der Waals surface area (Å²) in [5, 5.41) is 9.47. The molecule has 11 rings (SSSR count). The van der Waals surface area contributed by atoms with Crippen LogP contribution in [0.5, 0.6) is 0 Å². The van der Waals surface area contributed by atoms with Crippen molar-refractivity contribution in [3.63, 3.8) is 0 Å². The van der Waals surface area contributed by atoms with Crippen molar-refractivity contribution in [3.8, 4) is 16.8 Å². The Morgan fingerprint density at radius 1 is 0.396 bits per heavy atom. The van der Waals surface area contributed by atoms with Crippen LogP contribution in [0.2, 0.25) is 0 Å². The van der Waals surface area contributed by atoms with Gasteiger partial charge in [0.05, 0.1) is 22.1 Å². The fourth-order valence-electron chi connectivity index (χ4n) is 8.48. The largest absolute Gasteiger partial charge is 0.456 e. The maximum absolute atomic E-state index is 6.70. The highest BCUT2D eigenvalue weighted by atomic mass is 16.3. The van der Waals surface area contributed by atoms with E-state index >= 15 is 0 Å². The zero-order valence-corrected chi connectivity index (χ0v) is 28.8. The van der Waals surface area contributed by atoms with Gasteiger partial charge in [-0.25, -0.2) is 0 Å². The van der Waals surface area contributed by atoms with Crippen LogP contribution >= 0.6 is 0 Å². The summed E-state index contributed by atoms with van der Waals surface area (Å²) in [4.78, 5) is 2.37. The van der Waals surface area contributed by atoms with Crippen molar-refractivity contribution in [2.75, 3.05) is 4.90 Å². The number of hydrogen-bond acceptors (Lipinski definition) is 2.